The summed E-state index contributed by atoms with van der Waals surface area (Å²) in [6, 6.07) is 65.2. The van der Waals surface area contributed by atoms with Gasteiger partial charge in [-0.15, -0.1) is 0 Å². The number of nitrogens with zero attached hydrogens (tertiary/aromatic N) is 2. The lowest BCUT2D eigenvalue weighted by Crippen LogP contribution is -2.50. The van der Waals surface area contributed by atoms with Gasteiger partial charge in [0.25, 0.3) is 0 Å². The van der Waals surface area contributed by atoms with Crippen LogP contribution in [0.5, 0.6) is 0 Å². The number of aromatic nitrogens is 2. The predicted molar refractivity (Wildman–Crippen MR) is 217 cm³/mol. The second kappa shape index (κ2) is 12.6. The SMILES string of the molecule is C[Si]1(C)c2ccccc2-c2c(-c3cccc(-c4ccccc4)c3)nc(-c3cccc(-c4cccc(-c5ccc(-c6ccccc6)cc5)c4)c3)nc21. The van der Waals surface area contributed by atoms with E-state index in [1.807, 2.05) is 0 Å². The maximum Gasteiger partial charge on any atom is 0.159 e. The minimum atomic E-state index is -2.09. The third-order valence-corrected chi connectivity index (χ3v) is 13.6. The minimum absolute atomic E-state index is 0.775. The summed E-state index contributed by atoms with van der Waals surface area (Å²) in [5.41, 5.74) is 15.1. The van der Waals surface area contributed by atoms with Gasteiger partial charge in [-0.2, -0.15) is 0 Å². The molecule has 0 N–H and O–H groups in total. The van der Waals surface area contributed by atoms with Gasteiger partial charge in [0.1, 0.15) is 8.07 Å². The standard InChI is InChI=1S/C48H36N2Si/c1-51(2)44-25-10-9-24-43(44)45-46(41-22-12-19-38(31-41)34-16-7-4-8-17-34)49-47(50-48(45)51)42-23-13-21-40(32-42)39-20-11-18-37(30-39)36-28-26-35(27-29-36)33-14-5-3-6-15-33/h3-32H,1-2H3. The van der Waals surface area contributed by atoms with Crippen LogP contribution in [0.4, 0.5) is 0 Å². The molecule has 0 saturated heterocycles. The van der Waals surface area contributed by atoms with E-state index in [4.69, 9.17) is 9.97 Å². The van der Waals surface area contributed by atoms with Gasteiger partial charge < -0.3 is 0 Å². The van der Waals surface area contributed by atoms with Crippen molar-refractivity contribution >= 4 is 18.6 Å². The normalized spacial score (nSPS) is 12.7. The van der Waals surface area contributed by atoms with Crippen LogP contribution in [0.25, 0.3) is 78.3 Å². The fourth-order valence-corrected chi connectivity index (χ4v) is 10.5. The summed E-state index contributed by atoms with van der Waals surface area (Å²) in [4.78, 5) is 10.9. The van der Waals surface area contributed by atoms with E-state index in [9.17, 15) is 0 Å². The van der Waals surface area contributed by atoms with Crippen LogP contribution in [-0.4, -0.2) is 18.0 Å². The van der Waals surface area contributed by atoms with Crippen molar-refractivity contribution in [3.63, 3.8) is 0 Å². The fourth-order valence-electron chi connectivity index (χ4n) is 7.56. The molecule has 0 radical (unpaired) electrons. The molecule has 0 bridgehead atoms. The monoisotopic (exact) mass is 668 g/mol. The van der Waals surface area contributed by atoms with E-state index in [0.717, 1.165) is 28.2 Å². The maximum atomic E-state index is 5.44. The van der Waals surface area contributed by atoms with Crippen molar-refractivity contribution in [1.29, 1.82) is 0 Å². The van der Waals surface area contributed by atoms with E-state index in [0.29, 0.717) is 0 Å². The molecule has 3 heteroatoms. The van der Waals surface area contributed by atoms with Crippen LogP contribution in [0, 0.1) is 0 Å². The molecule has 51 heavy (non-hydrogen) atoms. The Morgan fingerprint density at radius 2 is 0.765 bits per heavy atom. The molecule has 2 nitrogen and oxygen atoms in total. The molecular formula is C48H36N2Si. The molecule has 1 aliphatic rings. The first kappa shape index (κ1) is 30.9. The van der Waals surface area contributed by atoms with E-state index in [1.54, 1.807) is 0 Å². The highest BCUT2D eigenvalue weighted by Gasteiger charge is 2.41. The van der Waals surface area contributed by atoms with Crippen molar-refractivity contribution in [3.05, 3.63) is 182 Å². The van der Waals surface area contributed by atoms with Gasteiger partial charge in [0.05, 0.1) is 5.69 Å². The van der Waals surface area contributed by atoms with Crippen molar-refractivity contribution in [2.75, 3.05) is 0 Å². The molecule has 0 unspecified atom stereocenters. The Labute approximate surface area is 300 Å². The number of fused-ring (bicyclic) bond motifs is 3. The second-order valence-electron chi connectivity index (χ2n) is 13.8. The van der Waals surface area contributed by atoms with Crippen molar-refractivity contribution in [2.24, 2.45) is 0 Å². The molecule has 0 saturated carbocycles. The van der Waals surface area contributed by atoms with Crippen LogP contribution >= 0.6 is 0 Å². The molecule has 0 atom stereocenters. The first-order valence-electron chi connectivity index (χ1n) is 17.6. The number of hydrogen-bond donors (Lipinski definition) is 0. The molecule has 0 amide bonds. The molecule has 7 aromatic carbocycles. The van der Waals surface area contributed by atoms with Gasteiger partial charge in [-0.05, 0) is 73.5 Å². The first-order valence-corrected chi connectivity index (χ1v) is 20.6. The molecule has 1 aliphatic heterocycles. The fraction of sp³-hybridized carbons (Fsp3) is 0.0417. The zero-order valence-corrected chi connectivity index (χ0v) is 29.7. The van der Waals surface area contributed by atoms with E-state index in [1.165, 1.54) is 60.6 Å². The largest absolute Gasteiger partial charge is 0.237 e. The Balaban J connectivity index is 1.14. The quantitative estimate of drug-likeness (QED) is 0.165. The summed E-state index contributed by atoms with van der Waals surface area (Å²) in [6.07, 6.45) is 0. The third-order valence-electron chi connectivity index (χ3n) is 10.3. The predicted octanol–water partition coefficient (Wildman–Crippen LogP) is 11.3. The van der Waals surface area contributed by atoms with Crippen LogP contribution < -0.4 is 10.5 Å². The highest BCUT2D eigenvalue weighted by Crippen LogP contribution is 2.38. The lowest BCUT2D eigenvalue weighted by atomic mass is 9.96. The molecule has 9 rings (SSSR count). The van der Waals surface area contributed by atoms with Gasteiger partial charge in [-0.25, -0.2) is 9.97 Å². The second-order valence-corrected chi connectivity index (χ2v) is 18.1. The molecule has 0 fully saturated rings. The zero-order chi connectivity index (χ0) is 34.4. The average molecular weight is 669 g/mol. The Morgan fingerprint density at radius 3 is 1.39 bits per heavy atom. The van der Waals surface area contributed by atoms with Gasteiger partial charge >= 0.3 is 0 Å². The summed E-state index contributed by atoms with van der Waals surface area (Å²) in [5.74, 6) is 0.775. The summed E-state index contributed by atoms with van der Waals surface area (Å²) in [7, 11) is -2.09. The van der Waals surface area contributed by atoms with Crippen molar-refractivity contribution in [1.82, 2.24) is 9.97 Å². The van der Waals surface area contributed by atoms with Crippen LogP contribution in [0.3, 0.4) is 0 Å². The smallest absolute Gasteiger partial charge is 0.159 e. The Kier molecular flexibility index (Phi) is 7.64. The zero-order valence-electron chi connectivity index (χ0n) is 28.7. The average Bonchev–Trinajstić information content (AvgIpc) is 3.44. The van der Waals surface area contributed by atoms with Crippen LogP contribution in [0.1, 0.15) is 0 Å². The van der Waals surface area contributed by atoms with Gasteiger partial charge in [0.15, 0.2) is 5.82 Å². The molecule has 2 heterocycles. The highest BCUT2D eigenvalue weighted by molar-refractivity contribution is 7.03. The number of benzene rings is 7. The van der Waals surface area contributed by atoms with Crippen molar-refractivity contribution in [3.8, 4) is 78.3 Å². The van der Waals surface area contributed by atoms with E-state index < -0.39 is 8.07 Å². The molecule has 0 spiro atoms. The molecule has 0 aliphatic carbocycles. The Morgan fingerprint density at radius 1 is 0.353 bits per heavy atom. The van der Waals surface area contributed by atoms with Gasteiger partial charge in [-0.1, -0.05) is 177 Å². The van der Waals surface area contributed by atoms with Gasteiger partial charge in [-0.3, -0.25) is 0 Å². The van der Waals surface area contributed by atoms with Crippen LogP contribution in [0.15, 0.2) is 182 Å². The third kappa shape index (κ3) is 5.62. The molecular weight excluding hydrogens is 633 g/mol. The Hall–Kier alpha value is -6.16. The number of hydrogen-bond acceptors (Lipinski definition) is 2. The summed E-state index contributed by atoms with van der Waals surface area (Å²) >= 11 is 0. The topological polar surface area (TPSA) is 25.8 Å². The highest BCUT2D eigenvalue weighted by atomic mass is 28.3. The van der Waals surface area contributed by atoms with Crippen molar-refractivity contribution in [2.45, 2.75) is 13.1 Å². The number of rotatable bonds is 6. The summed E-state index contributed by atoms with van der Waals surface area (Å²) in [5, 5.41) is 2.63. The lowest BCUT2D eigenvalue weighted by molar-refractivity contribution is 1.21. The first-order chi connectivity index (χ1) is 25.0. The molecule has 1 aromatic heterocycles. The van der Waals surface area contributed by atoms with E-state index >= 15 is 0 Å². The summed E-state index contributed by atoms with van der Waals surface area (Å²) in [6.45, 7) is 4.85. The molecule has 8 aromatic rings. The van der Waals surface area contributed by atoms with Crippen LogP contribution in [-0.2, 0) is 0 Å². The van der Waals surface area contributed by atoms with Crippen LogP contribution in [0.2, 0.25) is 13.1 Å². The lowest BCUT2D eigenvalue weighted by Gasteiger charge is -2.19. The van der Waals surface area contributed by atoms with Gasteiger partial charge in [0, 0.05) is 22.0 Å². The van der Waals surface area contributed by atoms with E-state index in [-0.39, 0.29) is 0 Å². The Bertz CT molecular complexity index is 2540. The minimum Gasteiger partial charge on any atom is -0.237 e. The molecule has 242 valence electrons. The van der Waals surface area contributed by atoms with Crippen molar-refractivity contribution < 1.29 is 0 Å². The van der Waals surface area contributed by atoms with E-state index in [2.05, 4.69) is 195 Å². The summed E-state index contributed by atoms with van der Waals surface area (Å²) < 4.78 is 0. The van der Waals surface area contributed by atoms with Gasteiger partial charge in [0.2, 0.25) is 0 Å². The maximum absolute atomic E-state index is 5.44.